The molecule has 30 heavy (non-hydrogen) atoms. The maximum Gasteiger partial charge on any atom is 0.359 e. The van der Waals surface area contributed by atoms with E-state index in [0.717, 1.165) is 11.3 Å². The number of nitrogens with zero attached hydrogens (tertiary/aromatic N) is 2. The molecule has 2 amide bonds. The maximum atomic E-state index is 12.6. The Hall–Kier alpha value is -3.62. The molecule has 1 aliphatic rings. The van der Waals surface area contributed by atoms with Gasteiger partial charge in [0.2, 0.25) is 0 Å². The highest BCUT2D eigenvalue weighted by Gasteiger charge is 2.36. The minimum Gasteiger partial charge on any atom is -0.463 e. The van der Waals surface area contributed by atoms with E-state index in [1.807, 2.05) is 31.2 Å². The Morgan fingerprint density at radius 1 is 1.07 bits per heavy atom. The number of nitrogens with one attached hydrogen (secondary N) is 2. The summed E-state index contributed by atoms with van der Waals surface area (Å²) in [4.78, 5) is 37.4. The third kappa shape index (κ3) is 4.19. The summed E-state index contributed by atoms with van der Waals surface area (Å²) in [7, 11) is 0. The van der Waals surface area contributed by atoms with E-state index in [2.05, 4.69) is 15.7 Å². The number of urea groups is 1. The molecule has 0 aliphatic carbocycles. The Bertz CT molecular complexity index is 1010. The molecule has 2 heterocycles. The molecule has 2 N–H and O–H groups in total. The number of carbonyl (C=O) groups excluding carboxylic acids is 3. The van der Waals surface area contributed by atoms with Gasteiger partial charge < -0.3 is 20.1 Å². The topological polar surface area (TPSA) is 112 Å². The summed E-state index contributed by atoms with van der Waals surface area (Å²) >= 11 is 0. The van der Waals surface area contributed by atoms with E-state index in [1.165, 1.54) is 4.68 Å². The van der Waals surface area contributed by atoms with Gasteiger partial charge in [-0.1, -0.05) is 17.7 Å². The Morgan fingerprint density at radius 2 is 1.70 bits per heavy atom. The van der Waals surface area contributed by atoms with E-state index in [0.29, 0.717) is 11.3 Å². The molecule has 158 valence electrons. The lowest BCUT2D eigenvalue weighted by Gasteiger charge is -2.27. The van der Waals surface area contributed by atoms with Crippen LogP contribution in [-0.4, -0.2) is 41.0 Å². The molecule has 1 aliphatic heterocycles. The van der Waals surface area contributed by atoms with Crippen LogP contribution >= 0.6 is 0 Å². The van der Waals surface area contributed by atoms with Crippen LogP contribution in [0.3, 0.4) is 0 Å². The number of aryl methyl sites for hydroxylation is 1. The quantitative estimate of drug-likeness (QED) is 0.706. The highest BCUT2D eigenvalue weighted by Crippen LogP contribution is 2.30. The molecule has 3 rings (SSSR count). The van der Waals surface area contributed by atoms with Gasteiger partial charge in [-0.05, 0) is 39.8 Å². The number of allylic oxidation sites excluding steroid dienone is 1. The smallest absolute Gasteiger partial charge is 0.359 e. The summed E-state index contributed by atoms with van der Waals surface area (Å²) in [6.45, 7) is 7.28. The molecule has 0 fully saturated rings. The molecule has 0 saturated carbocycles. The molecule has 1 aromatic carbocycles. The Kier molecular flexibility index (Phi) is 6.20. The number of hydrogen-bond donors (Lipinski definition) is 2. The minimum atomic E-state index is -0.920. The fraction of sp³-hybridized carbons (Fsp3) is 0.333. The molecule has 0 spiro atoms. The Balaban J connectivity index is 2.14. The fourth-order valence-corrected chi connectivity index (χ4v) is 3.19. The van der Waals surface area contributed by atoms with Crippen molar-refractivity contribution in [1.82, 2.24) is 20.4 Å². The van der Waals surface area contributed by atoms with E-state index >= 15 is 0 Å². The Morgan fingerprint density at radius 3 is 2.33 bits per heavy atom. The van der Waals surface area contributed by atoms with Crippen LogP contribution in [0.25, 0.3) is 5.69 Å². The summed E-state index contributed by atoms with van der Waals surface area (Å²) < 4.78 is 11.8. The molecule has 1 aromatic heterocycles. The average Bonchev–Trinajstić information content (AvgIpc) is 3.13. The van der Waals surface area contributed by atoms with Gasteiger partial charge in [0.25, 0.3) is 0 Å². The van der Waals surface area contributed by atoms with Crippen LogP contribution in [0.15, 0.2) is 41.7 Å². The third-order valence-corrected chi connectivity index (χ3v) is 4.59. The van der Waals surface area contributed by atoms with Crippen molar-refractivity contribution in [2.45, 2.75) is 33.7 Å². The van der Waals surface area contributed by atoms with Crippen molar-refractivity contribution in [3.05, 3.63) is 58.6 Å². The monoisotopic (exact) mass is 412 g/mol. The van der Waals surface area contributed by atoms with Gasteiger partial charge >= 0.3 is 18.0 Å². The SMILES string of the molecule is CCOC(=O)C1=C(C)NC(=O)N[C@@H]1c1cn(-c2ccc(C)cc2)nc1C(=O)OCC. The number of carbonyl (C=O) groups is 3. The standard InChI is InChI=1S/C21H24N4O5/c1-5-29-19(26)16-13(4)22-21(28)23-17(16)15-11-25(14-9-7-12(3)8-10-14)24-18(15)20(27)30-6-2/h7-11,17H,5-6H2,1-4H3,(H2,22,23,28)/t17-/m1/s1. The number of ether oxygens (including phenoxy) is 2. The highest BCUT2D eigenvalue weighted by atomic mass is 16.5. The van der Waals surface area contributed by atoms with Crippen molar-refractivity contribution >= 4 is 18.0 Å². The molecule has 1 atom stereocenters. The van der Waals surface area contributed by atoms with Crippen LogP contribution in [0, 0.1) is 6.92 Å². The molecule has 0 bridgehead atoms. The van der Waals surface area contributed by atoms with Gasteiger partial charge in [-0.3, -0.25) is 0 Å². The van der Waals surface area contributed by atoms with Crippen molar-refractivity contribution < 1.29 is 23.9 Å². The predicted molar refractivity (Wildman–Crippen MR) is 108 cm³/mol. The maximum absolute atomic E-state index is 12.6. The number of esters is 2. The summed E-state index contributed by atoms with van der Waals surface area (Å²) in [5.74, 6) is -1.24. The highest BCUT2D eigenvalue weighted by molar-refractivity contribution is 5.96. The first-order valence-electron chi connectivity index (χ1n) is 9.64. The Labute approximate surface area is 174 Å². The van der Waals surface area contributed by atoms with Gasteiger partial charge in [0, 0.05) is 17.5 Å². The van der Waals surface area contributed by atoms with Gasteiger partial charge in [-0.25, -0.2) is 19.1 Å². The van der Waals surface area contributed by atoms with Crippen LogP contribution in [0.2, 0.25) is 0 Å². The van der Waals surface area contributed by atoms with Crippen LogP contribution < -0.4 is 10.6 Å². The van der Waals surface area contributed by atoms with Gasteiger partial charge in [0.05, 0.1) is 30.5 Å². The molecular formula is C21H24N4O5. The van der Waals surface area contributed by atoms with Gasteiger partial charge in [0.1, 0.15) is 0 Å². The first-order valence-corrected chi connectivity index (χ1v) is 9.64. The molecule has 9 heteroatoms. The molecule has 2 aromatic rings. The average molecular weight is 412 g/mol. The minimum absolute atomic E-state index is 0.0132. The van der Waals surface area contributed by atoms with Crippen molar-refractivity contribution in [1.29, 1.82) is 0 Å². The van der Waals surface area contributed by atoms with Crippen LogP contribution in [0.5, 0.6) is 0 Å². The molecular weight excluding hydrogens is 388 g/mol. The lowest BCUT2D eigenvalue weighted by Crippen LogP contribution is -2.45. The number of aromatic nitrogens is 2. The zero-order valence-electron chi connectivity index (χ0n) is 17.3. The summed E-state index contributed by atoms with van der Waals surface area (Å²) in [6, 6.07) is 6.13. The first kappa shape index (κ1) is 21.1. The van der Waals surface area contributed by atoms with Crippen molar-refractivity contribution in [2.24, 2.45) is 0 Å². The second-order valence-electron chi connectivity index (χ2n) is 6.72. The van der Waals surface area contributed by atoms with E-state index in [9.17, 15) is 14.4 Å². The van der Waals surface area contributed by atoms with E-state index < -0.39 is 24.0 Å². The lowest BCUT2D eigenvalue weighted by atomic mass is 9.96. The molecule has 9 nitrogen and oxygen atoms in total. The zero-order chi connectivity index (χ0) is 21.8. The van der Waals surface area contributed by atoms with Crippen molar-refractivity contribution in [3.63, 3.8) is 0 Å². The normalized spacial score (nSPS) is 16.0. The van der Waals surface area contributed by atoms with E-state index in [4.69, 9.17) is 9.47 Å². The number of benzene rings is 1. The van der Waals surface area contributed by atoms with Crippen LogP contribution in [0.4, 0.5) is 4.79 Å². The lowest BCUT2D eigenvalue weighted by molar-refractivity contribution is -0.139. The zero-order valence-corrected chi connectivity index (χ0v) is 17.3. The molecule has 0 unspecified atom stereocenters. The van der Waals surface area contributed by atoms with E-state index in [-0.39, 0.29) is 24.5 Å². The first-order chi connectivity index (χ1) is 14.3. The number of hydrogen-bond acceptors (Lipinski definition) is 6. The van der Waals surface area contributed by atoms with E-state index in [1.54, 1.807) is 27.0 Å². The van der Waals surface area contributed by atoms with Crippen LogP contribution in [-0.2, 0) is 14.3 Å². The largest absolute Gasteiger partial charge is 0.463 e. The molecule has 0 radical (unpaired) electrons. The van der Waals surface area contributed by atoms with Crippen molar-refractivity contribution in [2.75, 3.05) is 13.2 Å². The van der Waals surface area contributed by atoms with Gasteiger partial charge in [-0.2, -0.15) is 5.10 Å². The summed E-state index contributed by atoms with van der Waals surface area (Å²) in [5.41, 5.74) is 2.69. The molecule has 0 saturated heterocycles. The number of rotatable bonds is 6. The second-order valence-corrected chi connectivity index (χ2v) is 6.72. The fourth-order valence-electron chi connectivity index (χ4n) is 3.19. The summed E-state index contributed by atoms with van der Waals surface area (Å²) in [5, 5.41) is 9.66. The number of amides is 2. The summed E-state index contributed by atoms with van der Waals surface area (Å²) in [6.07, 6.45) is 1.61. The predicted octanol–water partition coefficient (Wildman–Crippen LogP) is 2.55. The van der Waals surface area contributed by atoms with Crippen molar-refractivity contribution in [3.8, 4) is 5.69 Å². The second kappa shape index (κ2) is 8.81. The van der Waals surface area contributed by atoms with Gasteiger partial charge in [-0.15, -0.1) is 0 Å². The van der Waals surface area contributed by atoms with Crippen LogP contribution in [0.1, 0.15) is 48.4 Å². The third-order valence-electron chi connectivity index (χ3n) is 4.59. The van der Waals surface area contributed by atoms with Gasteiger partial charge in [0.15, 0.2) is 5.69 Å².